The van der Waals surface area contributed by atoms with Gasteiger partial charge >= 0.3 is 0 Å². The predicted molar refractivity (Wildman–Crippen MR) is 83.0 cm³/mol. The van der Waals surface area contributed by atoms with Crippen molar-refractivity contribution in [3.05, 3.63) is 23.8 Å². The number of hydrogen-bond donors (Lipinski definition) is 1. The summed E-state index contributed by atoms with van der Waals surface area (Å²) >= 11 is 1.87. The van der Waals surface area contributed by atoms with Crippen molar-refractivity contribution < 1.29 is 4.74 Å². The molecule has 0 aromatic heterocycles. The van der Waals surface area contributed by atoms with Crippen LogP contribution >= 0.6 is 11.8 Å². The number of ether oxygens (including phenoxy) is 1. The molecule has 0 amide bonds. The summed E-state index contributed by atoms with van der Waals surface area (Å²) in [5, 5.41) is 0. The number of benzene rings is 1. The lowest BCUT2D eigenvalue weighted by Gasteiger charge is -2.27. The maximum Gasteiger partial charge on any atom is 0.0721 e. The second kappa shape index (κ2) is 7.17. The van der Waals surface area contributed by atoms with E-state index in [0.29, 0.717) is 6.54 Å². The molecule has 1 unspecified atom stereocenters. The fraction of sp³-hybridized carbons (Fsp3) is 0.600. The van der Waals surface area contributed by atoms with E-state index >= 15 is 0 Å². The average molecular weight is 280 g/mol. The van der Waals surface area contributed by atoms with Crippen molar-refractivity contribution in [1.82, 2.24) is 0 Å². The van der Waals surface area contributed by atoms with Crippen LogP contribution in [0.4, 0.5) is 5.69 Å². The number of nitrogens with two attached hydrogens (primary N) is 1. The van der Waals surface area contributed by atoms with E-state index in [-0.39, 0.29) is 6.10 Å². The fourth-order valence-electron chi connectivity index (χ4n) is 2.56. The van der Waals surface area contributed by atoms with Gasteiger partial charge in [-0.2, -0.15) is 0 Å². The van der Waals surface area contributed by atoms with Gasteiger partial charge in [0.2, 0.25) is 0 Å². The Morgan fingerprint density at radius 1 is 1.47 bits per heavy atom. The van der Waals surface area contributed by atoms with Crippen molar-refractivity contribution in [2.45, 2.75) is 37.8 Å². The number of hydrogen-bond acceptors (Lipinski definition) is 4. The minimum Gasteiger partial charge on any atom is -0.377 e. The van der Waals surface area contributed by atoms with Gasteiger partial charge in [0.1, 0.15) is 0 Å². The van der Waals surface area contributed by atoms with Crippen molar-refractivity contribution in [1.29, 1.82) is 0 Å². The molecule has 0 spiro atoms. The third-order valence-electron chi connectivity index (χ3n) is 3.41. The summed E-state index contributed by atoms with van der Waals surface area (Å²) < 4.78 is 5.73. The molecular weight excluding hydrogens is 256 g/mol. The molecule has 0 bridgehead atoms. The van der Waals surface area contributed by atoms with E-state index in [2.05, 4.69) is 36.9 Å². The number of nitrogens with zero attached hydrogens (tertiary/aromatic N) is 1. The van der Waals surface area contributed by atoms with Crippen molar-refractivity contribution >= 4 is 17.4 Å². The summed E-state index contributed by atoms with van der Waals surface area (Å²) in [6.07, 6.45) is 1.37. The molecule has 2 N–H and O–H groups in total. The molecule has 0 radical (unpaired) electrons. The molecule has 19 heavy (non-hydrogen) atoms. The predicted octanol–water partition coefficient (Wildman–Crippen LogP) is 2.87. The van der Waals surface area contributed by atoms with Crippen molar-refractivity contribution in [2.24, 2.45) is 5.73 Å². The summed E-state index contributed by atoms with van der Waals surface area (Å²) in [6.45, 7) is 7.79. The Morgan fingerprint density at radius 2 is 2.32 bits per heavy atom. The molecule has 2 rings (SSSR count). The van der Waals surface area contributed by atoms with Crippen molar-refractivity contribution in [2.75, 3.05) is 30.3 Å². The van der Waals surface area contributed by atoms with Gasteiger partial charge in [-0.05, 0) is 31.2 Å². The Kier molecular flexibility index (Phi) is 5.55. The maximum absolute atomic E-state index is 5.99. The van der Waals surface area contributed by atoms with E-state index in [1.54, 1.807) is 0 Å². The Bertz CT molecular complexity index is 411. The molecule has 1 aliphatic heterocycles. The van der Waals surface area contributed by atoms with Gasteiger partial charge in [-0.1, -0.05) is 13.0 Å². The van der Waals surface area contributed by atoms with Crippen LogP contribution in [0.1, 0.15) is 25.8 Å². The molecule has 106 valence electrons. The lowest BCUT2D eigenvalue weighted by Crippen LogP contribution is -2.31. The van der Waals surface area contributed by atoms with Crippen LogP contribution < -0.4 is 10.6 Å². The van der Waals surface area contributed by atoms with E-state index in [4.69, 9.17) is 10.5 Å². The van der Waals surface area contributed by atoms with E-state index in [1.807, 2.05) is 11.8 Å². The van der Waals surface area contributed by atoms with Crippen LogP contribution in [0.15, 0.2) is 23.1 Å². The Balaban J connectivity index is 2.29. The zero-order chi connectivity index (χ0) is 13.7. The number of rotatable bonds is 4. The molecule has 1 aromatic carbocycles. The second-order valence-electron chi connectivity index (χ2n) is 4.87. The zero-order valence-corrected chi connectivity index (χ0v) is 12.7. The van der Waals surface area contributed by atoms with E-state index < -0.39 is 0 Å². The highest BCUT2D eigenvalue weighted by atomic mass is 32.2. The topological polar surface area (TPSA) is 38.5 Å². The standard InChI is InChI=1S/C15H24N2OS/c1-3-19-15-7-4-6-14(13(15)10-16)17-8-5-9-18-12(2)11-17/h4,6-7,12H,3,5,8-11,16H2,1-2H3. The van der Waals surface area contributed by atoms with Crippen LogP contribution in [0.3, 0.4) is 0 Å². The number of anilines is 1. The monoisotopic (exact) mass is 280 g/mol. The Morgan fingerprint density at radius 3 is 3.05 bits per heavy atom. The quantitative estimate of drug-likeness (QED) is 0.861. The van der Waals surface area contributed by atoms with Crippen molar-refractivity contribution in [3.63, 3.8) is 0 Å². The average Bonchev–Trinajstić information content (AvgIpc) is 2.63. The largest absolute Gasteiger partial charge is 0.377 e. The third kappa shape index (κ3) is 3.65. The molecule has 1 atom stereocenters. The highest BCUT2D eigenvalue weighted by Gasteiger charge is 2.18. The maximum atomic E-state index is 5.99. The van der Waals surface area contributed by atoms with Gasteiger partial charge in [0.25, 0.3) is 0 Å². The minimum atomic E-state index is 0.288. The fourth-order valence-corrected chi connectivity index (χ4v) is 3.41. The molecule has 1 fully saturated rings. The first kappa shape index (κ1) is 14.7. The molecular formula is C15H24N2OS. The van der Waals surface area contributed by atoms with Gasteiger partial charge in [0.05, 0.1) is 6.10 Å². The lowest BCUT2D eigenvalue weighted by molar-refractivity contribution is 0.0821. The third-order valence-corrected chi connectivity index (χ3v) is 4.39. The van der Waals surface area contributed by atoms with Crippen molar-refractivity contribution in [3.8, 4) is 0 Å². The summed E-state index contributed by atoms with van der Waals surface area (Å²) in [5.41, 5.74) is 8.56. The lowest BCUT2D eigenvalue weighted by atomic mass is 10.1. The van der Waals surface area contributed by atoms with Crippen LogP contribution in [0.2, 0.25) is 0 Å². The van der Waals surface area contributed by atoms with Gasteiger partial charge in [0.15, 0.2) is 0 Å². The van der Waals surface area contributed by atoms with Gasteiger partial charge in [-0.25, -0.2) is 0 Å². The molecule has 4 heteroatoms. The van der Waals surface area contributed by atoms with E-state index in [0.717, 1.165) is 31.9 Å². The summed E-state index contributed by atoms with van der Waals surface area (Å²) in [7, 11) is 0. The smallest absolute Gasteiger partial charge is 0.0721 e. The van der Waals surface area contributed by atoms with Gasteiger partial charge in [-0.15, -0.1) is 11.8 Å². The molecule has 1 aliphatic rings. The summed E-state index contributed by atoms with van der Waals surface area (Å²) in [4.78, 5) is 3.75. The first-order valence-corrected chi connectivity index (χ1v) is 8.06. The van der Waals surface area contributed by atoms with Gasteiger partial charge in [0, 0.05) is 42.4 Å². The highest BCUT2D eigenvalue weighted by molar-refractivity contribution is 7.99. The van der Waals surface area contributed by atoms with Gasteiger partial charge < -0.3 is 15.4 Å². The second-order valence-corrected chi connectivity index (χ2v) is 6.18. The Hall–Kier alpha value is -0.710. The van der Waals surface area contributed by atoms with Crippen LogP contribution in [0.5, 0.6) is 0 Å². The van der Waals surface area contributed by atoms with Gasteiger partial charge in [-0.3, -0.25) is 0 Å². The zero-order valence-electron chi connectivity index (χ0n) is 11.9. The van der Waals surface area contributed by atoms with E-state index in [1.165, 1.54) is 16.1 Å². The molecule has 1 aromatic rings. The SMILES string of the molecule is CCSc1cccc(N2CCCOC(C)C2)c1CN. The number of thioether (sulfide) groups is 1. The molecule has 1 saturated heterocycles. The Labute approximate surface area is 120 Å². The van der Waals surface area contributed by atoms with Crippen LogP contribution in [-0.2, 0) is 11.3 Å². The first-order valence-electron chi connectivity index (χ1n) is 7.07. The van der Waals surface area contributed by atoms with Crippen LogP contribution in [0, 0.1) is 0 Å². The van der Waals surface area contributed by atoms with E-state index in [9.17, 15) is 0 Å². The minimum absolute atomic E-state index is 0.288. The molecule has 0 saturated carbocycles. The molecule has 3 nitrogen and oxygen atoms in total. The normalized spacial score (nSPS) is 20.4. The summed E-state index contributed by atoms with van der Waals surface area (Å²) in [6, 6.07) is 6.51. The molecule has 0 aliphatic carbocycles. The summed E-state index contributed by atoms with van der Waals surface area (Å²) in [5.74, 6) is 1.08. The van der Waals surface area contributed by atoms with Crippen LogP contribution in [-0.4, -0.2) is 31.6 Å². The first-order chi connectivity index (χ1) is 9.26. The highest BCUT2D eigenvalue weighted by Crippen LogP contribution is 2.31. The molecule has 1 heterocycles. The van der Waals surface area contributed by atoms with Crippen LogP contribution in [0.25, 0.3) is 0 Å².